The highest BCUT2D eigenvalue weighted by atomic mass is 14.3. The van der Waals surface area contributed by atoms with Crippen LogP contribution in [0.15, 0.2) is 12.2 Å². The van der Waals surface area contributed by atoms with Gasteiger partial charge in [0, 0.05) is 0 Å². The van der Waals surface area contributed by atoms with E-state index < -0.39 is 0 Å². The van der Waals surface area contributed by atoms with Crippen molar-refractivity contribution in [3.8, 4) is 0 Å². The van der Waals surface area contributed by atoms with Crippen molar-refractivity contribution in [2.45, 2.75) is 74.1 Å². The van der Waals surface area contributed by atoms with Gasteiger partial charge in [-0.05, 0) is 49.4 Å². The molecular weight excluding hydrogens is 204 g/mol. The molecule has 0 N–H and O–H groups in total. The molecular formula is C17H34. The Morgan fingerprint density at radius 3 is 2.06 bits per heavy atom. The zero-order valence-corrected chi connectivity index (χ0v) is 13.3. The summed E-state index contributed by atoms with van der Waals surface area (Å²) in [7, 11) is 0. The molecule has 0 saturated carbocycles. The van der Waals surface area contributed by atoms with Crippen molar-refractivity contribution < 1.29 is 0 Å². The summed E-state index contributed by atoms with van der Waals surface area (Å²) in [6.07, 6.45) is 5.27. The van der Waals surface area contributed by atoms with E-state index in [0.717, 1.165) is 11.8 Å². The van der Waals surface area contributed by atoms with Crippen molar-refractivity contribution in [1.82, 2.24) is 0 Å². The van der Waals surface area contributed by atoms with E-state index in [2.05, 4.69) is 55.0 Å². The molecule has 0 spiro atoms. The highest BCUT2D eigenvalue weighted by molar-refractivity contribution is 4.94. The second-order valence-electron chi connectivity index (χ2n) is 6.83. The minimum Gasteiger partial charge on any atom is -0.0999 e. The summed E-state index contributed by atoms with van der Waals surface area (Å²) in [6, 6.07) is 0. The van der Waals surface area contributed by atoms with Crippen molar-refractivity contribution in [1.29, 1.82) is 0 Å². The molecule has 0 nitrogen and oxygen atoms in total. The molecule has 0 radical (unpaired) electrons. The van der Waals surface area contributed by atoms with E-state index in [1.165, 1.54) is 31.3 Å². The van der Waals surface area contributed by atoms with E-state index in [-0.39, 0.29) is 0 Å². The lowest BCUT2D eigenvalue weighted by molar-refractivity contribution is 0.141. The molecule has 0 heterocycles. The molecule has 0 fully saturated rings. The van der Waals surface area contributed by atoms with Crippen molar-refractivity contribution >= 4 is 0 Å². The van der Waals surface area contributed by atoms with Gasteiger partial charge in [0.1, 0.15) is 0 Å². The Bertz CT molecular complexity index is 224. The van der Waals surface area contributed by atoms with Gasteiger partial charge in [0.15, 0.2) is 0 Å². The largest absolute Gasteiger partial charge is 0.0999 e. The normalized spacial score (nSPS) is 17.6. The second kappa shape index (κ2) is 7.24. The molecule has 0 amide bonds. The van der Waals surface area contributed by atoms with Crippen LogP contribution >= 0.6 is 0 Å². The van der Waals surface area contributed by atoms with Gasteiger partial charge in [-0.15, -0.1) is 0 Å². The van der Waals surface area contributed by atoms with E-state index in [1.54, 1.807) is 0 Å². The topological polar surface area (TPSA) is 0 Å². The molecule has 0 bridgehead atoms. The van der Waals surface area contributed by atoms with Crippen LogP contribution in [0, 0.1) is 23.2 Å². The minimum absolute atomic E-state index is 0.487. The summed E-state index contributed by atoms with van der Waals surface area (Å²) in [6.45, 7) is 20.5. The molecule has 0 heteroatoms. The molecule has 102 valence electrons. The van der Waals surface area contributed by atoms with Gasteiger partial charge in [-0.3, -0.25) is 0 Å². The number of rotatable bonds is 8. The fourth-order valence-corrected chi connectivity index (χ4v) is 2.65. The summed E-state index contributed by atoms with van der Waals surface area (Å²) < 4.78 is 0. The maximum atomic E-state index is 4.06. The van der Waals surface area contributed by atoms with Gasteiger partial charge in [0.25, 0.3) is 0 Å². The third-order valence-electron chi connectivity index (χ3n) is 4.88. The Balaban J connectivity index is 4.22. The lowest BCUT2D eigenvalue weighted by Gasteiger charge is -2.36. The molecule has 0 aromatic rings. The van der Waals surface area contributed by atoms with Gasteiger partial charge in [-0.25, -0.2) is 0 Å². The van der Waals surface area contributed by atoms with Crippen LogP contribution in [0.2, 0.25) is 0 Å². The van der Waals surface area contributed by atoms with Crippen molar-refractivity contribution in [3.05, 3.63) is 12.2 Å². The van der Waals surface area contributed by atoms with E-state index in [0.29, 0.717) is 11.3 Å². The Morgan fingerprint density at radius 1 is 1.12 bits per heavy atom. The molecule has 3 unspecified atom stereocenters. The maximum absolute atomic E-state index is 4.06. The maximum Gasteiger partial charge on any atom is -0.0237 e. The van der Waals surface area contributed by atoms with Crippen LogP contribution < -0.4 is 0 Å². The molecule has 0 aliphatic heterocycles. The monoisotopic (exact) mass is 238 g/mol. The van der Waals surface area contributed by atoms with Gasteiger partial charge in [0.2, 0.25) is 0 Å². The third-order valence-corrected chi connectivity index (χ3v) is 4.88. The van der Waals surface area contributed by atoms with Crippen molar-refractivity contribution in [3.63, 3.8) is 0 Å². The first-order valence-corrected chi connectivity index (χ1v) is 7.37. The fourth-order valence-electron chi connectivity index (χ4n) is 2.65. The lowest BCUT2D eigenvalue weighted by Crippen LogP contribution is -2.27. The summed E-state index contributed by atoms with van der Waals surface area (Å²) in [5, 5.41) is 0. The highest BCUT2D eigenvalue weighted by Gasteiger charge is 2.28. The Labute approximate surface area is 110 Å². The molecule has 0 rings (SSSR count). The summed E-state index contributed by atoms with van der Waals surface area (Å²) in [4.78, 5) is 0. The van der Waals surface area contributed by atoms with Gasteiger partial charge in [-0.2, -0.15) is 0 Å². The SMILES string of the molecule is C=C(C)C(C)CCC(C)C(C)C(C)(C)CCC. The van der Waals surface area contributed by atoms with E-state index >= 15 is 0 Å². The molecule has 17 heavy (non-hydrogen) atoms. The van der Waals surface area contributed by atoms with Crippen molar-refractivity contribution in [2.75, 3.05) is 0 Å². The molecule has 0 aliphatic carbocycles. The van der Waals surface area contributed by atoms with Crippen LogP contribution in [0.1, 0.15) is 74.1 Å². The van der Waals surface area contributed by atoms with Crippen LogP contribution in [-0.2, 0) is 0 Å². The summed E-state index contributed by atoms with van der Waals surface area (Å²) in [5.74, 6) is 2.30. The molecule has 0 saturated heterocycles. The van der Waals surface area contributed by atoms with Crippen LogP contribution in [-0.4, -0.2) is 0 Å². The molecule has 3 atom stereocenters. The molecule has 0 aromatic heterocycles. The summed E-state index contributed by atoms with van der Waals surface area (Å²) >= 11 is 0. The van der Waals surface area contributed by atoms with Crippen LogP contribution in [0.3, 0.4) is 0 Å². The van der Waals surface area contributed by atoms with Gasteiger partial charge in [0.05, 0.1) is 0 Å². The van der Waals surface area contributed by atoms with Gasteiger partial charge in [-0.1, -0.05) is 60.1 Å². The predicted molar refractivity (Wildman–Crippen MR) is 80.2 cm³/mol. The van der Waals surface area contributed by atoms with Crippen LogP contribution in [0.4, 0.5) is 0 Å². The first-order chi connectivity index (χ1) is 7.72. The number of allylic oxidation sites excluding steroid dienone is 1. The smallest absolute Gasteiger partial charge is 0.0237 e. The van der Waals surface area contributed by atoms with E-state index in [4.69, 9.17) is 0 Å². The zero-order valence-electron chi connectivity index (χ0n) is 13.3. The Hall–Kier alpha value is -0.260. The minimum atomic E-state index is 0.487. The highest BCUT2D eigenvalue weighted by Crippen LogP contribution is 2.38. The Kier molecular flexibility index (Phi) is 7.13. The standard InChI is InChI=1S/C17H34/c1-9-12-17(7,8)16(6)15(5)11-10-14(4)13(2)3/h14-16H,2,9-12H2,1,3-8H3. The van der Waals surface area contributed by atoms with Crippen LogP contribution in [0.25, 0.3) is 0 Å². The molecule has 0 aliphatic rings. The fraction of sp³-hybridized carbons (Fsp3) is 0.882. The number of hydrogen-bond donors (Lipinski definition) is 0. The average Bonchev–Trinajstić information content (AvgIpc) is 2.23. The number of hydrogen-bond acceptors (Lipinski definition) is 0. The van der Waals surface area contributed by atoms with Gasteiger partial charge >= 0.3 is 0 Å². The average molecular weight is 238 g/mol. The first kappa shape index (κ1) is 16.7. The predicted octanol–water partition coefficient (Wildman–Crippen LogP) is 6.08. The summed E-state index contributed by atoms with van der Waals surface area (Å²) in [5.41, 5.74) is 1.82. The lowest BCUT2D eigenvalue weighted by atomic mass is 9.69. The van der Waals surface area contributed by atoms with Crippen molar-refractivity contribution in [2.24, 2.45) is 23.2 Å². The Morgan fingerprint density at radius 2 is 1.65 bits per heavy atom. The zero-order chi connectivity index (χ0) is 13.6. The third kappa shape index (κ3) is 5.75. The van der Waals surface area contributed by atoms with Crippen LogP contribution in [0.5, 0.6) is 0 Å². The second-order valence-corrected chi connectivity index (χ2v) is 6.83. The quantitative estimate of drug-likeness (QED) is 0.450. The van der Waals surface area contributed by atoms with Gasteiger partial charge < -0.3 is 0 Å². The first-order valence-electron chi connectivity index (χ1n) is 7.37. The van der Waals surface area contributed by atoms with E-state index in [1.807, 2.05) is 0 Å². The van der Waals surface area contributed by atoms with E-state index in [9.17, 15) is 0 Å². The molecule has 0 aromatic carbocycles.